The lowest BCUT2D eigenvalue weighted by atomic mass is 10.1. The molecule has 106 valence electrons. The van der Waals surface area contributed by atoms with Crippen LogP contribution in [-0.2, 0) is 9.84 Å². The van der Waals surface area contributed by atoms with Crippen LogP contribution < -0.4 is 0 Å². The standard InChI is InChI=1S/C13H26N2O2S/c1-12(2)14-6-3-7-15(9-8-14)13-4-10-18(16,17)11-5-13/h12-13H,3-11H2,1-2H3. The van der Waals surface area contributed by atoms with Crippen LogP contribution >= 0.6 is 0 Å². The van der Waals surface area contributed by atoms with Crippen LogP contribution in [0.25, 0.3) is 0 Å². The Morgan fingerprint density at radius 1 is 1.00 bits per heavy atom. The highest BCUT2D eigenvalue weighted by Gasteiger charge is 2.29. The van der Waals surface area contributed by atoms with Crippen molar-refractivity contribution >= 4 is 9.84 Å². The summed E-state index contributed by atoms with van der Waals surface area (Å²) in [5.41, 5.74) is 0. The molecule has 0 N–H and O–H groups in total. The Balaban J connectivity index is 1.87. The number of nitrogens with zero attached hydrogens (tertiary/aromatic N) is 2. The van der Waals surface area contributed by atoms with Gasteiger partial charge in [0.2, 0.25) is 0 Å². The number of rotatable bonds is 2. The van der Waals surface area contributed by atoms with Crippen molar-refractivity contribution < 1.29 is 8.42 Å². The number of hydrogen-bond acceptors (Lipinski definition) is 4. The zero-order chi connectivity index (χ0) is 13.2. The van der Waals surface area contributed by atoms with E-state index >= 15 is 0 Å². The fourth-order valence-corrected chi connectivity index (χ4v) is 4.55. The molecule has 4 nitrogen and oxygen atoms in total. The second-order valence-electron chi connectivity index (χ2n) is 5.90. The minimum absolute atomic E-state index is 0.391. The van der Waals surface area contributed by atoms with E-state index in [0.29, 0.717) is 23.6 Å². The molecule has 2 heterocycles. The topological polar surface area (TPSA) is 40.6 Å². The zero-order valence-corrected chi connectivity index (χ0v) is 12.5. The van der Waals surface area contributed by atoms with Crippen LogP contribution in [0.2, 0.25) is 0 Å². The molecule has 0 aromatic heterocycles. The molecule has 0 saturated carbocycles. The van der Waals surface area contributed by atoms with Crippen LogP contribution in [0.1, 0.15) is 33.1 Å². The van der Waals surface area contributed by atoms with Gasteiger partial charge in [0, 0.05) is 25.2 Å². The van der Waals surface area contributed by atoms with E-state index in [1.165, 1.54) is 13.0 Å². The lowest BCUT2D eigenvalue weighted by Gasteiger charge is -2.33. The van der Waals surface area contributed by atoms with E-state index in [2.05, 4.69) is 23.6 Å². The third kappa shape index (κ3) is 3.68. The molecule has 0 radical (unpaired) electrons. The Hall–Kier alpha value is -0.130. The normalized spacial score (nSPS) is 28.4. The number of sulfone groups is 1. The zero-order valence-electron chi connectivity index (χ0n) is 11.6. The van der Waals surface area contributed by atoms with E-state index in [9.17, 15) is 8.42 Å². The maximum absolute atomic E-state index is 11.5. The molecule has 18 heavy (non-hydrogen) atoms. The number of hydrogen-bond donors (Lipinski definition) is 0. The average Bonchev–Trinajstić information content (AvgIpc) is 2.54. The van der Waals surface area contributed by atoms with Gasteiger partial charge in [0.15, 0.2) is 0 Å². The monoisotopic (exact) mass is 274 g/mol. The van der Waals surface area contributed by atoms with Gasteiger partial charge in [0.05, 0.1) is 11.5 Å². The van der Waals surface area contributed by atoms with Gasteiger partial charge in [-0.3, -0.25) is 9.80 Å². The summed E-state index contributed by atoms with van der Waals surface area (Å²) in [4.78, 5) is 5.05. The van der Waals surface area contributed by atoms with E-state index in [1.807, 2.05) is 0 Å². The fraction of sp³-hybridized carbons (Fsp3) is 1.00. The van der Waals surface area contributed by atoms with Crippen LogP contribution in [0.15, 0.2) is 0 Å². The smallest absolute Gasteiger partial charge is 0.150 e. The largest absolute Gasteiger partial charge is 0.300 e. The molecule has 2 aliphatic rings. The first-order chi connectivity index (χ1) is 8.48. The van der Waals surface area contributed by atoms with Crippen molar-refractivity contribution in [2.45, 2.75) is 45.2 Å². The van der Waals surface area contributed by atoms with Crippen LogP contribution in [-0.4, -0.2) is 68.0 Å². The van der Waals surface area contributed by atoms with Gasteiger partial charge < -0.3 is 0 Å². The van der Waals surface area contributed by atoms with Gasteiger partial charge >= 0.3 is 0 Å². The van der Waals surface area contributed by atoms with E-state index < -0.39 is 9.84 Å². The third-order valence-corrected chi connectivity index (χ3v) is 6.05. The summed E-state index contributed by atoms with van der Waals surface area (Å²) in [5, 5.41) is 0. The van der Waals surface area contributed by atoms with Crippen LogP contribution in [0, 0.1) is 0 Å². The molecule has 0 aromatic carbocycles. The van der Waals surface area contributed by atoms with Crippen molar-refractivity contribution in [3.63, 3.8) is 0 Å². The molecule has 5 heteroatoms. The molecule has 0 amide bonds. The summed E-state index contributed by atoms with van der Waals surface area (Å²) in [6, 6.07) is 1.12. The van der Waals surface area contributed by atoms with E-state index in [1.54, 1.807) is 0 Å². The summed E-state index contributed by atoms with van der Waals surface area (Å²) in [6.07, 6.45) is 2.88. The summed E-state index contributed by atoms with van der Waals surface area (Å²) in [7, 11) is -2.72. The highest BCUT2D eigenvalue weighted by Crippen LogP contribution is 2.20. The van der Waals surface area contributed by atoms with Crippen molar-refractivity contribution in [1.29, 1.82) is 0 Å². The summed E-state index contributed by atoms with van der Waals surface area (Å²) in [5.74, 6) is 0.782. The van der Waals surface area contributed by atoms with Gasteiger partial charge in [-0.1, -0.05) is 0 Å². The fourth-order valence-electron chi connectivity index (χ4n) is 3.08. The Labute approximate surface area is 111 Å². The second kappa shape index (κ2) is 5.88. The Kier molecular flexibility index (Phi) is 4.67. The first-order valence-corrected chi connectivity index (χ1v) is 8.98. The molecule has 2 saturated heterocycles. The van der Waals surface area contributed by atoms with E-state index in [-0.39, 0.29) is 0 Å². The van der Waals surface area contributed by atoms with Gasteiger partial charge in [-0.2, -0.15) is 0 Å². The molecule has 2 fully saturated rings. The maximum atomic E-state index is 11.5. The molecule has 0 aliphatic carbocycles. The van der Waals surface area contributed by atoms with Gasteiger partial charge in [-0.05, 0) is 46.2 Å². The predicted molar refractivity (Wildman–Crippen MR) is 74.6 cm³/mol. The van der Waals surface area contributed by atoms with Crippen LogP contribution in [0.3, 0.4) is 0 Å². The second-order valence-corrected chi connectivity index (χ2v) is 8.21. The predicted octanol–water partition coefficient (Wildman–Crippen LogP) is 0.980. The van der Waals surface area contributed by atoms with Crippen LogP contribution in [0.5, 0.6) is 0 Å². The summed E-state index contributed by atoms with van der Waals surface area (Å²) in [6.45, 7) is 9.04. The van der Waals surface area contributed by atoms with Crippen molar-refractivity contribution in [1.82, 2.24) is 9.80 Å². The molecule has 0 aromatic rings. The summed E-state index contributed by atoms with van der Waals surface area (Å²) < 4.78 is 22.9. The Morgan fingerprint density at radius 2 is 1.67 bits per heavy atom. The van der Waals surface area contributed by atoms with Gasteiger partial charge in [0.25, 0.3) is 0 Å². The molecule has 2 rings (SSSR count). The first kappa shape index (κ1) is 14.3. The maximum Gasteiger partial charge on any atom is 0.150 e. The van der Waals surface area contributed by atoms with Crippen molar-refractivity contribution in [2.24, 2.45) is 0 Å². The van der Waals surface area contributed by atoms with Gasteiger partial charge in [-0.25, -0.2) is 8.42 Å². The molecular weight excluding hydrogens is 248 g/mol. The minimum Gasteiger partial charge on any atom is -0.300 e. The molecule has 0 spiro atoms. The average molecular weight is 274 g/mol. The Morgan fingerprint density at radius 3 is 2.28 bits per heavy atom. The lowest BCUT2D eigenvalue weighted by Crippen LogP contribution is -2.43. The highest BCUT2D eigenvalue weighted by molar-refractivity contribution is 7.91. The Bertz CT molecular complexity index is 353. The first-order valence-electron chi connectivity index (χ1n) is 7.16. The van der Waals surface area contributed by atoms with E-state index in [4.69, 9.17) is 0 Å². The third-order valence-electron chi connectivity index (χ3n) is 4.34. The molecule has 2 aliphatic heterocycles. The van der Waals surface area contributed by atoms with Crippen molar-refractivity contribution in [3.8, 4) is 0 Å². The SMILES string of the molecule is CC(C)N1CCCN(C2CCS(=O)(=O)CC2)CC1. The molecular formula is C13H26N2O2S. The summed E-state index contributed by atoms with van der Waals surface area (Å²) >= 11 is 0. The van der Waals surface area contributed by atoms with E-state index in [0.717, 1.165) is 32.5 Å². The quantitative estimate of drug-likeness (QED) is 0.753. The molecule has 0 bridgehead atoms. The lowest BCUT2D eigenvalue weighted by molar-refractivity contribution is 0.177. The van der Waals surface area contributed by atoms with Gasteiger partial charge in [-0.15, -0.1) is 0 Å². The van der Waals surface area contributed by atoms with Gasteiger partial charge in [0.1, 0.15) is 9.84 Å². The van der Waals surface area contributed by atoms with Crippen molar-refractivity contribution in [2.75, 3.05) is 37.7 Å². The highest BCUT2D eigenvalue weighted by atomic mass is 32.2. The van der Waals surface area contributed by atoms with Crippen LogP contribution in [0.4, 0.5) is 0 Å². The minimum atomic E-state index is -2.72. The van der Waals surface area contributed by atoms with Crippen molar-refractivity contribution in [3.05, 3.63) is 0 Å². The molecule has 0 unspecified atom stereocenters. The molecule has 0 atom stereocenters.